The maximum Gasteiger partial charge on any atom is 0.226 e. The van der Waals surface area contributed by atoms with Gasteiger partial charge >= 0.3 is 0 Å². The SMILES string of the molecule is O=C(C1CC1)N1CCC(C(=O)N2CCCCC2c2nccs2)CC1. The number of piperidine rings is 2. The fourth-order valence-corrected chi connectivity index (χ4v) is 4.81. The van der Waals surface area contributed by atoms with Crippen LogP contribution in [0, 0.1) is 11.8 Å². The van der Waals surface area contributed by atoms with Crippen molar-refractivity contribution in [1.29, 1.82) is 0 Å². The third-order valence-electron chi connectivity index (χ3n) is 5.60. The molecule has 0 radical (unpaired) electrons. The highest BCUT2D eigenvalue weighted by Crippen LogP contribution is 2.36. The molecule has 1 atom stereocenters. The van der Waals surface area contributed by atoms with E-state index in [2.05, 4.69) is 9.88 Å². The number of carbonyl (C=O) groups excluding carboxylic acids is 2. The molecule has 3 fully saturated rings. The van der Waals surface area contributed by atoms with E-state index in [1.165, 1.54) is 6.42 Å². The minimum atomic E-state index is 0.0776. The van der Waals surface area contributed by atoms with Crippen LogP contribution >= 0.6 is 11.3 Å². The van der Waals surface area contributed by atoms with Crippen LogP contribution in [0.4, 0.5) is 0 Å². The molecule has 1 unspecified atom stereocenters. The van der Waals surface area contributed by atoms with E-state index in [1.54, 1.807) is 11.3 Å². The number of hydrogen-bond acceptors (Lipinski definition) is 4. The Kier molecular flexibility index (Phi) is 4.57. The van der Waals surface area contributed by atoms with Gasteiger partial charge in [-0.15, -0.1) is 11.3 Å². The van der Waals surface area contributed by atoms with E-state index in [0.29, 0.717) is 5.91 Å². The lowest BCUT2D eigenvalue weighted by Crippen LogP contribution is -2.47. The highest BCUT2D eigenvalue weighted by Gasteiger charge is 2.38. The molecule has 24 heavy (non-hydrogen) atoms. The van der Waals surface area contributed by atoms with Gasteiger partial charge in [-0.2, -0.15) is 0 Å². The minimum Gasteiger partial charge on any atom is -0.342 e. The Balaban J connectivity index is 1.38. The molecule has 6 heteroatoms. The van der Waals surface area contributed by atoms with Gasteiger partial charge in [0.2, 0.25) is 11.8 Å². The van der Waals surface area contributed by atoms with Crippen LogP contribution in [0.25, 0.3) is 0 Å². The van der Waals surface area contributed by atoms with Crippen molar-refractivity contribution in [1.82, 2.24) is 14.8 Å². The molecule has 0 aromatic carbocycles. The van der Waals surface area contributed by atoms with E-state index in [9.17, 15) is 9.59 Å². The molecule has 1 saturated carbocycles. The summed E-state index contributed by atoms with van der Waals surface area (Å²) >= 11 is 1.65. The molecule has 3 heterocycles. The number of thiazole rings is 1. The van der Waals surface area contributed by atoms with Crippen LogP contribution in [0.5, 0.6) is 0 Å². The van der Waals surface area contributed by atoms with Crippen molar-refractivity contribution in [2.24, 2.45) is 11.8 Å². The van der Waals surface area contributed by atoms with Crippen molar-refractivity contribution < 1.29 is 9.59 Å². The Morgan fingerprint density at radius 3 is 2.38 bits per heavy atom. The second-order valence-corrected chi connectivity index (χ2v) is 8.21. The Bertz CT molecular complexity index is 591. The van der Waals surface area contributed by atoms with Crippen LogP contribution in [-0.2, 0) is 9.59 Å². The molecule has 130 valence electrons. The molecule has 5 nitrogen and oxygen atoms in total. The Hall–Kier alpha value is -1.43. The molecule has 0 spiro atoms. The smallest absolute Gasteiger partial charge is 0.226 e. The summed E-state index contributed by atoms with van der Waals surface area (Å²) in [4.78, 5) is 33.8. The molecular weight excluding hydrogens is 322 g/mol. The normalized spacial score (nSPS) is 25.8. The summed E-state index contributed by atoms with van der Waals surface area (Å²) in [5, 5.41) is 3.07. The molecule has 2 amide bonds. The molecule has 3 aliphatic rings. The van der Waals surface area contributed by atoms with Gasteiger partial charge in [-0.05, 0) is 44.9 Å². The molecule has 1 aliphatic carbocycles. The van der Waals surface area contributed by atoms with Crippen molar-refractivity contribution in [3.05, 3.63) is 16.6 Å². The first-order valence-corrected chi connectivity index (χ1v) is 10.1. The predicted molar refractivity (Wildman–Crippen MR) is 92.4 cm³/mol. The Morgan fingerprint density at radius 2 is 1.71 bits per heavy atom. The predicted octanol–water partition coefficient (Wildman–Crippen LogP) is 2.85. The van der Waals surface area contributed by atoms with E-state index in [4.69, 9.17) is 0 Å². The largest absolute Gasteiger partial charge is 0.342 e. The zero-order valence-electron chi connectivity index (χ0n) is 14.0. The summed E-state index contributed by atoms with van der Waals surface area (Å²) < 4.78 is 0. The van der Waals surface area contributed by atoms with Crippen LogP contribution < -0.4 is 0 Å². The van der Waals surface area contributed by atoms with Gasteiger partial charge in [-0.1, -0.05) is 0 Å². The average molecular weight is 347 g/mol. The highest BCUT2D eigenvalue weighted by atomic mass is 32.1. The summed E-state index contributed by atoms with van der Waals surface area (Å²) in [6.07, 6.45) is 8.87. The maximum atomic E-state index is 13.1. The van der Waals surface area contributed by atoms with Crippen LogP contribution in [-0.4, -0.2) is 46.2 Å². The lowest BCUT2D eigenvalue weighted by atomic mass is 9.92. The topological polar surface area (TPSA) is 53.5 Å². The van der Waals surface area contributed by atoms with Gasteiger partial charge in [-0.3, -0.25) is 9.59 Å². The summed E-state index contributed by atoms with van der Waals surface area (Å²) in [5.41, 5.74) is 0. The zero-order chi connectivity index (χ0) is 16.5. The lowest BCUT2D eigenvalue weighted by Gasteiger charge is -2.39. The van der Waals surface area contributed by atoms with Crippen LogP contribution in [0.1, 0.15) is 56.0 Å². The van der Waals surface area contributed by atoms with Crippen LogP contribution in [0.3, 0.4) is 0 Å². The zero-order valence-corrected chi connectivity index (χ0v) is 14.8. The van der Waals surface area contributed by atoms with Crippen LogP contribution in [0.2, 0.25) is 0 Å². The third kappa shape index (κ3) is 3.21. The third-order valence-corrected chi connectivity index (χ3v) is 6.48. The number of amides is 2. The van der Waals surface area contributed by atoms with Crippen molar-refractivity contribution in [2.45, 2.75) is 51.0 Å². The molecule has 2 aliphatic heterocycles. The summed E-state index contributed by atoms with van der Waals surface area (Å²) in [6, 6.07) is 0.164. The van der Waals surface area contributed by atoms with Gasteiger partial charge in [0.05, 0.1) is 6.04 Å². The molecule has 0 N–H and O–H groups in total. The summed E-state index contributed by atoms with van der Waals surface area (Å²) in [6.45, 7) is 2.35. The van der Waals surface area contributed by atoms with Crippen LogP contribution in [0.15, 0.2) is 11.6 Å². The van der Waals surface area contributed by atoms with E-state index in [0.717, 1.165) is 63.2 Å². The number of aromatic nitrogens is 1. The Labute approximate surface area is 147 Å². The van der Waals surface area contributed by atoms with E-state index in [1.807, 2.05) is 16.5 Å². The Morgan fingerprint density at radius 1 is 0.958 bits per heavy atom. The number of hydrogen-bond donors (Lipinski definition) is 0. The van der Waals surface area contributed by atoms with Gasteiger partial charge in [0.25, 0.3) is 0 Å². The van der Waals surface area contributed by atoms with Crippen molar-refractivity contribution >= 4 is 23.2 Å². The number of carbonyl (C=O) groups is 2. The first kappa shape index (κ1) is 16.1. The van der Waals surface area contributed by atoms with E-state index < -0.39 is 0 Å². The molecular formula is C18H25N3O2S. The molecule has 4 rings (SSSR count). The minimum absolute atomic E-state index is 0.0776. The highest BCUT2D eigenvalue weighted by molar-refractivity contribution is 7.09. The molecule has 2 saturated heterocycles. The molecule has 1 aromatic heterocycles. The first-order chi connectivity index (χ1) is 11.7. The molecule has 1 aromatic rings. The maximum absolute atomic E-state index is 13.1. The fourth-order valence-electron chi connectivity index (χ4n) is 4.02. The van der Waals surface area contributed by atoms with Crippen molar-refractivity contribution in [2.75, 3.05) is 19.6 Å². The fraction of sp³-hybridized carbons (Fsp3) is 0.722. The van der Waals surface area contributed by atoms with Gasteiger partial charge in [0.15, 0.2) is 0 Å². The van der Waals surface area contributed by atoms with Gasteiger partial charge in [0.1, 0.15) is 5.01 Å². The monoisotopic (exact) mass is 347 g/mol. The second-order valence-electron chi connectivity index (χ2n) is 7.29. The van der Waals surface area contributed by atoms with E-state index >= 15 is 0 Å². The van der Waals surface area contributed by atoms with Gasteiger partial charge < -0.3 is 9.80 Å². The first-order valence-electron chi connectivity index (χ1n) is 9.22. The standard InChI is InChI=1S/C18H25N3O2S/c22-17(13-4-5-13)20-10-6-14(7-11-20)18(23)21-9-2-1-3-15(21)16-19-8-12-24-16/h8,12-15H,1-7,9-11H2. The summed E-state index contributed by atoms with van der Waals surface area (Å²) in [5.74, 6) is 0.968. The van der Waals surface area contributed by atoms with Gasteiger partial charge in [-0.25, -0.2) is 4.98 Å². The van der Waals surface area contributed by atoms with Crippen molar-refractivity contribution in [3.63, 3.8) is 0 Å². The summed E-state index contributed by atoms with van der Waals surface area (Å²) in [7, 11) is 0. The second kappa shape index (κ2) is 6.82. The quantitative estimate of drug-likeness (QED) is 0.845. The van der Waals surface area contributed by atoms with Gasteiger partial charge in [0, 0.05) is 43.0 Å². The average Bonchev–Trinajstić information content (AvgIpc) is 3.35. The lowest BCUT2D eigenvalue weighted by molar-refractivity contribution is -0.144. The number of rotatable bonds is 3. The number of likely N-dealkylation sites (tertiary alicyclic amines) is 2. The van der Waals surface area contributed by atoms with E-state index in [-0.39, 0.29) is 23.8 Å². The number of nitrogens with zero attached hydrogens (tertiary/aromatic N) is 3. The molecule has 0 bridgehead atoms. The van der Waals surface area contributed by atoms with Crippen molar-refractivity contribution in [3.8, 4) is 0 Å².